The minimum absolute atomic E-state index is 0.00136. The van der Waals surface area contributed by atoms with E-state index in [1.54, 1.807) is 22.4 Å². The number of benzene rings is 1. The van der Waals surface area contributed by atoms with Crippen LogP contribution in [0.4, 0.5) is 4.79 Å². The molecule has 2 aliphatic rings. The molecule has 1 aromatic carbocycles. The number of nitrogens with zero attached hydrogens (tertiary/aromatic N) is 3. The number of carbonyl (C=O) groups excluding carboxylic acids is 3. The summed E-state index contributed by atoms with van der Waals surface area (Å²) in [6.07, 6.45) is 4.93. The zero-order valence-electron chi connectivity index (χ0n) is 21.6. The van der Waals surface area contributed by atoms with Crippen LogP contribution in [-0.4, -0.2) is 74.4 Å². The van der Waals surface area contributed by atoms with Gasteiger partial charge in [0.15, 0.2) is 0 Å². The number of likely N-dealkylation sites (N-methyl/N-ethyl adjacent to an activating group) is 1. The molecule has 38 heavy (non-hydrogen) atoms. The van der Waals surface area contributed by atoms with Crippen molar-refractivity contribution in [1.82, 2.24) is 20.1 Å². The van der Waals surface area contributed by atoms with Gasteiger partial charge in [0.25, 0.3) is 0 Å². The highest BCUT2D eigenvalue weighted by molar-refractivity contribution is 7.10. The number of thiazole rings is 1. The molecule has 1 saturated carbocycles. The van der Waals surface area contributed by atoms with Crippen LogP contribution in [-0.2, 0) is 9.59 Å². The first kappa shape index (κ1) is 27.6. The van der Waals surface area contributed by atoms with E-state index in [2.05, 4.69) is 10.3 Å². The second-order valence-electron chi connectivity index (χ2n) is 10.1. The van der Waals surface area contributed by atoms with E-state index in [1.807, 2.05) is 0 Å². The average Bonchev–Trinajstić information content (AvgIpc) is 3.60. The van der Waals surface area contributed by atoms with Crippen molar-refractivity contribution >= 4 is 35.0 Å². The maximum atomic E-state index is 14.0. The van der Waals surface area contributed by atoms with Gasteiger partial charge in [-0.05, 0) is 50.7 Å². The number of aromatic nitrogens is 1. The van der Waals surface area contributed by atoms with Gasteiger partial charge in [0, 0.05) is 24.5 Å². The number of phenolic OH excluding ortho intramolecular Hbond substituents is 1. The highest BCUT2D eigenvalue weighted by Crippen LogP contribution is 2.36. The van der Waals surface area contributed by atoms with Crippen LogP contribution in [0.5, 0.6) is 5.75 Å². The topological polar surface area (TPSA) is 140 Å². The van der Waals surface area contributed by atoms with E-state index in [-0.39, 0.29) is 35.1 Å². The third-order valence-electron chi connectivity index (χ3n) is 7.63. The van der Waals surface area contributed by atoms with E-state index in [1.165, 1.54) is 37.4 Å². The standard InChI is InChI=1S/C27H34N4O6S/c1-16(30(2)27(36)37)24(34)29-22(17-8-4-3-5-9-17)26(35)31-13-7-12-21(31)25-28-20(15-38-25)23(33)18-10-6-11-19(32)14-18/h6,10-11,14-17,21-22,32H,3-5,7-9,12-13H2,1-2H3,(H,29,34)(H,36,37)/t16?,21-,22?/m0/s1. The predicted molar refractivity (Wildman–Crippen MR) is 141 cm³/mol. The Kier molecular flexibility index (Phi) is 8.65. The molecule has 1 saturated heterocycles. The maximum Gasteiger partial charge on any atom is 0.407 e. The number of amides is 3. The lowest BCUT2D eigenvalue weighted by Gasteiger charge is -2.35. The molecule has 2 heterocycles. The minimum atomic E-state index is -1.22. The zero-order chi connectivity index (χ0) is 27.4. The number of nitrogens with one attached hydrogen (secondary N) is 1. The van der Waals surface area contributed by atoms with Crippen LogP contribution >= 0.6 is 11.3 Å². The normalized spacial score (nSPS) is 19.5. The Hall–Kier alpha value is -3.47. The first-order chi connectivity index (χ1) is 18.2. The smallest absolute Gasteiger partial charge is 0.407 e. The Morgan fingerprint density at radius 1 is 1.13 bits per heavy atom. The van der Waals surface area contributed by atoms with Crippen molar-refractivity contribution in [1.29, 1.82) is 0 Å². The summed E-state index contributed by atoms with van der Waals surface area (Å²) in [5.41, 5.74) is 0.597. The SMILES string of the molecule is CC(C(=O)NC(C(=O)N1CCC[C@H]1c1nc(C(=O)c2cccc(O)c2)cs1)C1CCCCC1)N(C)C(=O)O. The molecule has 10 nitrogen and oxygen atoms in total. The van der Waals surface area contributed by atoms with Crippen LogP contribution in [0, 0.1) is 5.92 Å². The molecule has 2 unspecified atom stereocenters. The quantitative estimate of drug-likeness (QED) is 0.431. The number of hydrogen-bond donors (Lipinski definition) is 3. The molecule has 204 valence electrons. The van der Waals surface area contributed by atoms with Crippen molar-refractivity contribution in [2.45, 2.75) is 70.0 Å². The zero-order valence-corrected chi connectivity index (χ0v) is 22.4. The number of rotatable bonds is 8. The first-order valence-corrected chi connectivity index (χ1v) is 13.9. The van der Waals surface area contributed by atoms with Crippen molar-refractivity contribution in [3.63, 3.8) is 0 Å². The molecule has 3 N–H and O–H groups in total. The molecular weight excluding hydrogens is 508 g/mol. The van der Waals surface area contributed by atoms with E-state index >= 15 is 0 Å². The maximum absolute atomic E-state index is 14.0. The highest BCUT2D eigenvalue weighted by atomic mass is 32.1. The summed E-state index contributed by atoms with van der Waals surface area (Å²) < 4.78 is 0. The molecule has 3 atom stereocenters. The van der Waals surface area contributed by atoms with Crippen LogP contribution in [0.15, 0.2) is 29.6 Å². The highest BCUT2D eigenvalue weighted by Gasteiger charge is 2.40. The molecule has 2 fully saturated rings. The van der Waals surface area contributed by atoms with E-state index < -0.39 is 24.1 Å². The van der Waals surface area contributed by atoms with Gasteiger partial charge in [0.05, 0.1) is 6.04 Å². The molecule has 3 amide bonds. The summed E-state index contributed by atoms with van der Waals surface area (Å²) in [6, 6.07) is 4.11. The van der Waals surface area contributed by atoms with Gasteiger partial charge in [-0.2, -0.15) is 0 Å². The van der Waals surface area contributed by atoms with Crippen molar-refractivity contribution < 1.29 is 29.4 Å². The number of phenols is 1. The summed E-state index contributed by atoms with van der Waals surface area (Å²) in [6.45, 7) is 2.02. The van der Waals surface area contributed by atoms with Gasteiger partial charge in [-0.25, -0.2) is 9.78 Å². The monoisotopic (exact) mass is 542 g/mol. The number of hydrogen-bond acceptors (Lipinski definition) is 7. The predicted octanol–water partition coefficient (Wildman–Crippen LogP) is 3.81. The lowest BCUT2D eigenvalue weighted by Crippen LogP contribution is -2.56. The molecule has 0 spiro atoms. The Bertz CT molecular complexity index is 1190. The number of aromatic hydroxyl groups is 1. The van der Waals surface area contributed by atoms with Crippen LogP contribution in [0.25, 0.3) is 0 Å². The van der Waals surface area contributed by atoms with Crippen LogP contribution in [0.1, 0.15) is 79.0 Å². The van der Waals surface area contributed by atoms with Crippen molar-refractivity contribution in [3.05, 3.63) is 45.9 Å². The summed E-state index contributed by atoms with van der Waals surface area (Å²) in [5.74, 6) is -1.01. The molecule has 0 radical (unpaired) electrons. The fourth-order valence-electron chi connectivity index (χ4n) is 5.27. The van der Waals surface area contributed by atoms with Gasteiger partial charge in [-0.1, -0.05) is 31.4 Å². The Morgan fingerprint density at radius 3 is 2.55 bits per heavy atom. The lowest BCUT2D eigenvalue weighted by atomic mass is 9.83. The second kappa shape index (κ2) is 11.9. The lowest BCUT2D eigenvalue weighted by molar-refractivity contribution is -0.140. The molecule has 4 rings (SSSR count). The second-order valence-corrected chi connectivity index (χ2v) is 11.0. The molecule has 2 aromatic rings. The van der Waals surface area contributed by atoms with Gasteiger partial charge in [-0.15, -0.1) is 11.3 Å². The molecule has 1 aliphatic carbocycles. The van der Waals surface area contributed by atoms with Gasteiger partial charge < -0.3 is 20.4 Å². The van der Waals surface area contributed by atoms with Gasteiger partial charge >= 0.3 is 6.09 Å². The number of ketones is 1. The van der Waals surface area contributed by atoms with E-state index in [0.717, 1.165) is 43.4 Å². The Morgan fingerprint density at radius 2 is 1.87 bits per heavy atom. The van der Waals surface area contributed by atoms with Crippen molar-refractivity contribution in [2.75, 3.05) is 13.6 Å². The third kappa shape index (κ3) is 5.98. The fourth-order valence-corrected chi connectivity index (χ4v) is 6.22. The molecule has 11 heteroatoms. The summed E-state index contributed by atoms with van der Waals surface area (Å²) >= 11 is 1.32. The van der Waals surface area contributed by atoms with Crippen molar-refractivity contribution in [2.24, 2.45) is 5.92 Å². The van der Waals surface area contributed by atoms with Gasteiger partial charge in [0.1, 0.15) is 28.5 Å². The molecule has 1 aromatic heterocycles. The number of likely N-dealkylation sites (tertiary alicyclic amines) is 1. The van der Waals surface area contributed by atoms with E-state index in [4.69, 9.17) is 0 Å². The third-order valence-corrected chi connectivity index (χ3v) is 8.58. The fraction of sp³-hybridized carbons (Fsp3) is 0.519. The van der Waals surface area contributed by atoms with Gasteiger partial charge in [-0.3, -0.25) is 19.3 Å². The van der Waals surface area contributed by atoms with Crippen LogP contribution < -0.4 is 5.32 Å². The largest absolute Gasteiger partial charge is 0.508 e. The van der Waals surface area contributed by atoms with Crippen molar-refractivity contribution in [3.8, 4) is 5.75 Å². The number of carbonyl (C=O) groups is 4. The van der Waals surface area contributed by atoms with E-state index in [9.17, 15) is 29.4 Å². The number of carboxylic acid groups (broad SMARTS) is 1. The van der Waals surface area contributed by atoms with Crippen LogP contribution in [0.2, 0.25) is 0 Å². The first-order valence-electron chi connectivity index (χ1n) is 13.0. The summed E-state index contributed by atoms with van der Waals surface area (Å²) in [4.78, 5) is 58.5. The Labute approximate surface area is 225 Å². The van der Waals surface area contributed by atoms with Crippen LogP contribution in [0.3, 0.4) is 0 Å². The summed E-state index contributed by atoms with van der Waals surface area (Å²) in [7, 11) is 1.33. The summed E-state index contributed by atoms with van der Waals surface area (Å²) in [5, 5.41) is 24.2. The molecule has 1 aliphatic heterocycles. The van der Waals surface area contributed by atoms with Gasteiger partial charge in [0.2, 0.25) is 17.6 Å². The molecule has 0 bridgehead atoms. The minimum Gasteiger partial charge on any atom is -0.508 e. The Balaban J connectivity index is 1.54. The average molecular weight is 543 g/mol. The molecular formula is C27H34N4O6S. The van der Waals surface area contributed by atoms with E-state index in [0.29, 0.717) is 23.5 Å².